The fourth-order valence-electron chi connectivity index (χ4n) is 13.9. The highest BCUT2D eigenvalue weighted by Crippen LogP contribution is 2.86. The molecule has 0 saturated carbocycles. The van der Waals surface area contributed by atoms with Crippen LogP contribution in [0.3, 0.4) is 0 Å². The Balaban J connectivity index is 0.000000208. The normalized spacial score (nSPS) is 22.2. The summed E-state index contributed by atoms with van der Waals surface area (Å²) in [5.74, 6) is -1.75. The molecule has 0 radical (unpaired) electrons. The molecule has 0 aliphatic carbocycles. The third-order valence-electron chi connectivity index (χ3n) is 21.7. The number of halogens is 4. The average Bonchev–Trinajstić information content (AvgIpc) is 1.51. The van der Waals surface area contributed by atoms with Crippen LogP contribution in [0.4, 0.5) is 17.6 Å². The van der Waals surface area contributed by atoms with Gasteiger partial charge in [0.1, 0.15) is 23.3 Å². The first kappa shape index (κ1) is 64.8. The zero-order valence-electron chi connectivity index (χ0n) is 53.8. The molecule has 0 atom stereocenters. The molecule has 8 heterocycles. The number of rotatable bonds is 4. The lowest BCUT2D eigenvalue weighted by molar-refractivity contribution is 0.00578. The molecule has 4 saturated heterocycles. The Morgan fingerprint density at radius 2 is 0.370 bits per heavy atom. The molecular weight excluding hydrogens is 1200 g/mol. The predicted octanol–water partition coefficient (Wildman–Crippen LogP) is 17.0. The third kappa shape index (κ3) is 9.00. The second-order valence-corrected chi connectivity index (χ2v) is 35.1. The van der Waals surface area contributed by atoms with Gasteiger partial charge in [-0.3, -0.25) is 0 Å². The molecule has 8 aromatic rings. The maximum absolute atomic E-state index is 14.4. The van der Waals surface area contributed by atoms with Gasteiger partial charge in [0, 0.05) is 39.2 Å². The standard InChI is InChI=1S/C48H60B4O8S.C24H12F4S.2CH4/c1-41(2)42(3,4)54-49(53-41)29-17-21-33-34-22-18-30(50-55-43(5,6)44(7,8)56-50)26-38(34)61(37(33)25-29)39-27-31(51-57-45(9,10)46(11,12)58-51)19-23-35(39)36-24-20-32(28-40(36)61)52-59-47(13,14)48(15,16)60-52;25-13-1-5-17-18-6-2-14(26)10-22(18)29(21(17)9-13)23-11-15(27)3-7-19(23)20-8-4-16(28)12-24(20)29;;/h17-28H,1-16H3;1-12H;2*1H4. The Morgan fingerprint density at radius 1 is 0.228 bits per heavy atom. The molecular formula is C74H80B4F4O8S2. The van der Waals surface area contributed by atoms with Gasteiger partial charge >= 0.3 is 28.5 Å². The molecule has 476 valence electrons. The van der Waals surface area contributed by atoms with Crippen LogP contribution in [0.2, 0.25) is 0 Å². The van der Waals surface area contributed by atoms with Crippen molar-refractivity contribution < 1.29 is 54.8 Å². The summed E-state index contributed by atoms with van der Waals surface area (Å²) in [6, 6.07) is 45.1. The monoisotopic (exact) mass is 1280 g/mol. The first-order valence-electron chi connectivity index (χ1n) is 31.0. The summed E-state index contributed by atoms with van der Waals surface area (Å²) >= 11 is 0. The maximum Gasteiger partial charge on any atom is 0.494 e. The molecule has 8 nitrogen and oxygen atoms in total. The van der Waals surface area contributed by atoms with Gasteiger partial charge in [0.05, 0.1) is 44.8 Å². The van der Waals surface area contributed by atoms with E-state index in [1.54, 1.807) is 24.3 Å². The van der Waals surface area contributed by atoms with Crippen molar-refractivity contribution in [1.82, 2.24) is 0 Å². The predicted molar refractivity (Wildman–Crippen MR) is 365 cm³/mol. The van der Waals surface area contributed by atoms with E-state index in [-0.39, 0.29) is 14.9 Å². The van der Waals surface area contributed by atoms with E-state index in [1.807, 2.05) is 0 Å². The molecule has 0 amide bonds. The van der Waals surface area contributed by atoms with Crippen LogP contribution in [-0.4, -0.2) is 73.3 Å². The lowest BCUT2D eigenvalue weighted by Gasteiger charge is -2.37. The molecule has 0 aromatic heterocycles. The van der Waals surface area contributed by atoms with Gasteiger partial charge in [-0.2, -0.15) is 0 Å². The lowest BCUT2D eigenvalue weighted by atomic mass is 9.77. The summed E-state index contributed by atoms with van der Waals surface area (Å²) < 4.78 is 112. The van der Waals surface area contributed by atoms with Crippen LogP contribution in [0.15, 0.2) is 185 Å². The van der Waals surface area contributed by atoms with Crippen LogP contribution in [0, 0.1) is 23.3 Å². The Hall–Kier alpha value is -5.88. The first-order chi connectivity index (χ1) is 42.1. The lowest BCUT2D eigenvalue weighted by Crippen LogP contribution is -2.41. The van der Waals surface area contributed by atoms with E-state index in [0.717, 1.165) is 44.1 Å². The molecule has 8 aliphatic rings. The molecule has 92 heavy (non-hydrogen) atoms. The quantitative estimate of drug-likeness (QED) is 0.127. The Labute approximate surface area is 545 Å². The number of hydrogen-bond acceptors (Lipinski definition) is 8. The number of benzene rings is 8. The Kier molecular flexibility index (Phi) is 14.7. The van der Waals surface area contributed by atoms with Crippen molar-refractivity contribution in [2.45, 2.75) is 210 Å². The van der Waals surface area contributed by atoms with E-state index in [2.05, 4.69) is 184 Å². The highest BCUT2D eigenvalue weighted by molar-refractivity contribution is 8.35. The second-order valence-electron chi connectivity index (χ2n) is 29.2. The molecule has 2 spiro atoms. The van der Waals surface area contributed by atoms with Gasteiger partial charge in [-0.1, -0.05) is 87.6 Å². The topological polar surface area (TPSA) is 73.8 Å². The van der Waals surface area contributed by atoms with Crippen molar-refractivity contribution in [3.8, 4) is 44.5 Å². The van der Waals surface area contributed by atoms with Gasteiger partial charge < -0.3 is 37.2 Å². The summed E-state index contributed by atoms with van der Waals surface area (Å²) in [7, 11) is -6.81. The van der Waals surface area contributed by atoms with Gasteiger partial charge in [-0.15, -0.1) is 20.1 Å². The van der Waals surface area contributed by atoms with E-state index in [4.69, 9.17) is 37.2 Å². The second kappa shape index (κ2) is 20.8. The highest BCUT2D eigenvalue weighted by atomic mass is 32.3. The minimum atomic E-state index is -2.41. The largest absolute Gasteiger partial charge is 0.494 e. The minimum absolute atomic E-state index is 0. The SMILES string of the molecule is C.C.CC1(C)OB(c2ccc3c(c2)S2(c4cc(B5OC(C)(C)C(C)(C)O5)ccc4-3)c3cc(B4OC(C)(C)C(C)(C)O4)ccc3-c3ccc(B4OC(C)(C)C(C)(C)O4)cc32)OC1(C)C.Fc1ccc2c(c1)S1(c3cc(F)ccc3-2)c2cc(F)ccc2-c2ccc(F)cc21. The first-order valence-corrected chi connectivity index (χ1v) is 34.2. The Morgan fingerprint density at radius 3 is 0.533 bits per heavy atom. The zero-order chi connectivity index (χ0) is 63.8. The van der Waals surface area contributed by atoms with Crippen molar-refractivity contribution >= 4 is 70.4 Å². The average molecular weight is 1280 g/mol. The van der Waals surface area contributed by atoms with E-state index in [9.17, 15) is 17.6 Å². The van der Waals surface area contributed by atoms with Crippen LogP contribution in [0.1, 0.15) is 126 Å². The summed E-state index contributed by atoms with van der Waals surface area (Å²) in [6.45, 7) is 33.7. The summed E-state index contributed by atoms with van der Waals surface area (Å²) in [5, 5.41) is 0. The fourth-order valence-corrected chi connectivity index (χ4v) is 23.2. The molecule has 0 N–H and O–H groups in total. The molecule has 4 fully saturated rings. The van der Waals surface area contributed by atoms with Crippen molar-refractivity contribution in [3.63, 3.8) is 0 Å². The highest BCUT2D eigenvalue weighted by Gasteiger charge is 2.59. The van der Waals surface area contributed by atoms with E-state index in [1.165, 1.54) is 90.4 Å². The molecule has 0 bridgehead atoms. The maximum atomic E-state index is 14.4. The van der Waals surface area contributed by atoms with Crippen LogP contribution < -0.4 is 21.9 Å². The zero-order valence-corrected chi connectivity index (χ0v) is 55.4. The molecule has 16 rings (SSSR count). The van der Waals surface area contributed by atoms with E-state index in [0.29, 0.717) is 19.6 Å². The van der Waals surface area contributed by atoms with Crippen molar-refractivity contribution in [2.24, 2.45) is 0 Å². The minimum Gasteiger partial charge on any atom is -0.399 e. The van der Waals surface area contributed by atoms with E-state index < -0.39 is 117 Å². The van der Waals surface area contributed by atoms with Gasteiger partial charge in [0.25, 0.3) is 0 Å². The fraction of sp³-hybridized carbons (Fsp3) is 0.351. The molecule has 8 aliphatic heterocycles. The molecule has 8 aromatic carbocycles. The number of fused-ring (bicyclic) bond motifs is 20. The van der Waals surface area contributed by atoms with Gasteiger partial charge in [-0.05, 0) is 250 Å². The third-order valence-corrected chi connectivity index (χ3v) is 29.7. The van der Waals surface area contributed by atoms with Crippen LogP contribution >= 0.6 is 20.1 Å². The summed E-state index contributed by atoms with van der Waals surface area (Å²) in [6.07, 6.45) is 0. The van der Waals surface area contributed by atoms with Crippen LogP contribution in [0.5, 0.6) is 0 Å². The van der Waals surface area contributed by atoms with Crippen molar-refractivity contribution in [3.05, 3.63) is 169 Å². The molecule has 0 unspecified atom stereocenters. The van der Waals surface area contributed by atoms with E-state index >= 15 is 0 Å². The van der Waals surface area contributed by atoms with Crippen LogP contribution in [0.25, 0.3) is 44.5 Å². The Bertz CT molecular complexity index is 3810. The van der Waals surface area contributed by atoms with Crippen molar-refractivity contribution in [2.75, 3.05) is 0 Å². The van der Waals surface area contributed by atoms with Gasteiger partial charge in [-0.25, -0.2) is 17.6 Å². The van der Waals surface area contributed by atoms with Crippen molar-refractivity contribution in [1.29, 1.82) is 0 Å². The van der Waals surface area contributed by atoms with Gasteiger partial charge in [0.15, 0.2) is 0 Å². The number of hydrogen-bond donors (Lipinski definition) is 0. The van der Waals surface area contributed by atoms with Gasteiger partial charge in [0.2, 0.25) is 0 Å². The van der Waals surface area contributed by atoms with Crippen LogP contribution in [-0.2, 0) is 37.2 Å². The smallest absolute Gasteiger partial charge is 0.399 e. The molecule has 18 heteroatoms. The summed E-state index contributed by atoms with van der Waals surface area (Å²) in [4.78, 5) is 7.53. The summed E-state index contributed by atoms with van der Waals surface area (Å²) in [5.41, 5.74) is 7.80.